The zero-order chi connectivity index (χ0) is 6.85. The van der Waals surface area contributed by atoms with Crippen molar-refractivity contribution in [2.24, 2.45) is 4.99 Å². The first-order valence-electron chi connectivity index (χ1n) is 2.66. The highest BCUT2D eigenvalue weighted by molar-refractivity contribution is 5.72. The Bertz CT molecular complexity index is 164. The average Bonchev–Trinajstić information content (AvgIpc) is 2.10. The van der Waals surface area contributed by atoms with Gasteiger partial charge in [-0.25, -0.2) is 0 Å². The molecule has 1 heterocycles. The smallest absolute Gasteiger partial charge is 0.327 e. The van der Waals surface area contributed by atoms with E-state index in [1.54, 1.807) is 0 Å². The van der Waals surface area contributed by atoms with Crippen molar-refractivity contribution in [3.63, 3.8) is 0 Å². The van der Waals surface area contributed by atoms with Crippen molar-refractivity contribution in [3.05, 3.63) is 12.5 Å². The van der Waals surface area contributed by atoms with Crippen LogP contribution in [0, 0.1) is 0 Å². The van der Waals surface area contributed by atoms with Crippen LogP contribution >= 0.6 is 0 Å². The van der Waals surface area contributed by atoms with E-state index in [2.05, 4.69) is 11.6 Å². The molecule has 0 fully saturated rings. The number of aliphatic hydroxyl groups excluding tert-OH is 1. The second kappa shape index (κ2) is 1.97. The zero-order valence-corrected chi connectivity index (χ0v) is 5.16. The molecule has 1 aliphatic rings. The van der Waals surface area contributed by atoms with Gasteiger partial charge in [-0.15, -0.1) is 0 Å². The molecule has 0 atom stereocenters. The van der Waals surface area contributed by atoms with Crippen LogP contribution in [-0.4, -0.2) is 22.7 Å². The van der Waals surface area contributed by atoms with E-state index in [0.29, 0.717) is 6.54 Å². The van der Waals surface area contributed by atoms with E-state index in [-0.39, 0.29) is 11.9 Å². The fraction of sp³-hybridized carbons (Fsp3) is 0.400. The van der Waals surface area contributed by atoms with Crippen molar-refractivity contribution in [3.8, 4) is 0 Å². The number of hydrogen-bond donors (Lipinski definition) is 1. The Morgan fingerprint density at radius 2 is 2.56 bits per heavy atom. The topological polar surface area (TPSA) is 45.1 Å². The lowest BCUT2D eigenvalue weighted by molar-refractivity contribution is -0.0432. The summed E-state index contributed by atoms with van der Waals surface area (Å²) >= 11 is 0. The molecule has 0 saturated heterocycles. The zero-order valence-electron chi connectivity index (χ0n) is 5.16. The standard InChI is InChI=1S/C5H8N2O2/c1-3-7-5(8)6-4(2)9-7/h2-3H2,1H3,(H,6,8). The molecule has 0 spiro atoms. The minimum Gasteiger partial charge on any atom is -0.478 e. The summed E-state index contributed by atoms with van der Waals surface area (Å²) in [6, 6.07) is -0.123. The fourth-order valence-electron chi connectivity index (χ4n) is 0.562. The molecule has 0 saturated carbocycles. The van der Waals surface area contributed by atoms with Gasteiger partial charge in [0.2, 0.25) is 5.88 Å². The molecule has 9 heavy (non-hydrogen) atoms. The number of nitrogens with zero attached hydrogens (tertiary/aromatic N) is 2. The number of aliphatic imine (C=N–C) groups is 1. The van der Waals surface area contributed by atoms with Crippen LogP contribution in [0.4, 0.5) is 0 Å². The summed E-state index contributed by atoms with van der Waals surface area (Å²) in [7, 11) is 0. The summed E-state index contributed by atoms with van der Waals surface area (Å²) in [4.78, 5) is 8.33. The van der Waals surface area contributed by atoms with Gasteiger partial charge in [-0.05, 0) is 13.5 Å². The predicted molar refractivity (Wildman–Crippen MR) is 32.7 cm³/mol. The highest BCUT2D eigenvalue weighted by atomic mass is 16.7. The van der Waals surface area contributed by atoms with E-state index < -0.39 is 0 Å². The monoisotopic (exact) mass is 128 g/mol. The van der Waals surface area contributed by atoms with E-state index in [9.17, 15) is 0 Å². The molecule has 0 aromatic heterocycles. The second-order valence-corrected chi connectivity index (χ2v) is 1.59. The van der Waals surface area contributed by atoms with E-state index in [1.165, 1.54) is 5.06 Å². The molecule has 0 unspecified atom stereocenters. The number of amidine groups is 1. The minimum atomic E-state index is -0.123. The van der Waals surface area contributed by atoms with Gasteiger partial charge in [0.15, 0.2) is 0 Å². The highest BCUT2D eigenvalue weighted by Crippen LogP contribution is 2.09. The van der Waals surface area contributed by atoms with E-state index in [4.69, 9.17) is 9.94 Å². The third-order valence-corrected chi connectivity index (χ3v) is 0.951. The molecule has 50 valence electrons. The molecule has 1 aliphatic heterocycles. The minimum absolute atomic E-state index is 0.123. The number of rotatable bonds is 1. The molecule has 1 rings (SSSR count). The largest absolute Gasteiger partial charge is 0.478 e. The summed E-state index contributed by atoms with van der Waals surface area (Å²) in [6.07, 6.45) is 0. The lowest BCUT2D eigenvalue weighted by Gasteiger charge is -2.10. The molecule has 0 amide bonds. The Balaban J connectivity index is 2.64. The van der Waals surface area contributed by atoms with Crippen molar-refractivity contribution in [1.82, 2.24) is 5.06 Å². The molecular formula is C5H8N2O2. The summed E-state index contributed by atoms with van der Waals surface area (Å²) in [5.74, 6) is 0.231. The fourth-order valence-corrected chi connectivity index (χ4v) is 0.562. The maximum Gasteiger partial charge on any atom is 0.327 e. The molecular weight excluding hydrogens is 120 g/mol. The molecule has 0 bridgehead atoms. The first kappa shape index (κ1) is 5.94. The van der Waals surface area contributed by atoms with Crippen LogP contribution < -0.4 is 0 Å². The number of hydrogen-bond acceptors (Lipinski definition) is 3. The van der Waals surface area contributed by atoms with Gasteiger partial charge in [0.1, 0.15) is 0 Å². The van der Waals surface area contributed by atoms with Gasteiger partial charge in [-0.1, -0.05) is 0 Å². The van der Waals surface area contributed by atoms with Crippen LogP contribution in [0.3, 0.4) is 0 Å². The molecule has 0 aromatic rings. The van der Waals surface area contributed by atoms with Gasteiger partial charge in [0, 0.05) is 0 Å². The lowest BCUT2D eigenvalue weighted by Crippen LogP contribution is -2.24. The van der Waals surface area contributed by atoms with Gasteiger partial charge in [-0.3, -0.25) is 0 Å². The quantitative estimate of drug-likeness (QED) is 0.563. The molecule has 4 nitrogen and oxygen atoms in total. The van der Waals surface area contributed by atoms with Crippen molar-refractivity contribution in [2.75, 3.05) is 6.54 Å². The average molecular weight is 128 g/mol. The van der Waals surface area contributed by atoms with Crippen LogP contribution in [0.15, 0.2) is 17.5 Å². The Hall–Kier alpha value is -1.19. The van der Waals surface area contributed by atoms with E-state index >= 15 is 0 Å². The number of hydroxylamine groups is 2. The van der Waals surface area contributed by atoms with Crippen LogP contribution in [0.2, 0.25) is 0 Å². The first-order valence-corrected chi connectivity index (χ1v) is 2.66. The lowest BCUT2D eigenvalue weighted by atomic mass is 10.7. The van der Waals surface area contributed by atoms with Crippen molar-refractivity contribution in [1.29, 1.82) is 0 Å². The first-order chi connectivity index (χ1) is 4.24. The number of aliphatic hydroxyl groups is 1. The predicted octanol–water partition coefficient (Wildman–Crippen LogP) is 0.639. The van der Waals surface area contributed by atoms with Crippen molar-refractivity contribution in [2.45, 2.75) is 6.92 Å². The summed E-state index contributed by atoms with van der Waals surface area (Å²) < 4.78 is 0. The van der Waals surface area contributed by atoms with E-state index in [1.807, 2.05) is 6.92 Å². The molecule has 0 radical (unpaired) electrons. The van der Waals surface area contributed by atoms with E-state index in [0.717, 1.165) is 0 Å². The van der Waals surface area contributed by atoms with Crippen LogP contribution in [0.1, 0.15) is 6.92 Å². The second-order valence-electron chi connectivity index (χ2n) is 1.59. The SMILES string of the molecule is C=C1N=C(O)N(CC)O1. The van der Waals surface area contributed by atoms with Crippen LogP contribution in [-0.2, 0) is 4.84 Å². The van der Waals surface area contributed by atoms with Crippen LogP contribution in [0.5, 0.6) is 0 Å². The summed E-state index contributed by atoms with van der Waals surface area (Å²) in [5.41, 5.74) is 0. The van der Waals surface area contributed by atoms with Crippen LogP contribution in [0.25, 0.3) is 0 Å². The molecule has 4 heteroatoms. The van der Waals surface area contributed by atoms with Gasteiger partial charge >= 0.3 is 6.02 Å². The third kappa shape index (κ3) is 0.960. The highest BCUT2D eigenvalue weighted by Gasteiger charge is 2.17. The third-order valence-electron chi connectivity index (χ3n) is 0.951. The Morgan fingerprint density at radius 3 is 2.78 bits per heavy atom. The maximum atomic E-state index is 8.85. The van der Waals surface area contributed by atoms with Crippen molar-refractivity contribution < 1.29 is 9.94 Å². The Morgan fingerprint density at radius 1 is 1.89 bits per heavy atom. The van der Waals surface area contributed by atoms with Gasteiger partial charge in [0.25, 0.3) is 0 Å². The Labute approximate surface area is 53.0 Å². The normalized spacial score (nSPS) is 17.7. The maximum absolute atomic E-state index is 8.85. The molecule has 0 aliphatic carbocycles. The molecule has 1 N–H and O–H groups in total. The van der Waals surface area contributed by atoms with Gasteiger partial charge in [0.05, 0.1) is 6.54 Å². The van der Waals surface area contributed by atoms with Gasteiger partial charge < -0.3 is 9.94 Å². The summed E-state index contributed by atoms with van der Waals surface area (Å²) in [5, 5.41) is 10.1. The molecule has 0 aromatic carbocycles. The Kier molecular flexibility index (Phi) is 1.30. The van der Waals surface area contributed by atoms with Gasteiger partial charge in [-0.2, -0.15) is 10.1 Å². The van der Waals surface area contributed by atoms with Crippen molar-refractivity contribution >= 4 is 6.02 Å². The summed E-state index contributed by atoms with van der Waals surface area (Å²) in [6.45, 7) is 5.79.